The van der Waals surface area contributed by atoms with Crippen molar-refractivity contribution in [2.75, 3.05) is 11.1 Å². The van der Waals surface area contributed by atoms with Gasteiger partial charge < -0.3 is 0 Å². The molecule has 1 heterocycles. The minimum absolute atomic E-state index is 0.224. The molecule has 0 fully saturated rings. The third-order valence-electron chi connectivity index (χ3n) is 2.17. The minimum Gasteiger partial charge on any atom is -0.223 e. The zero-order chi connectivity index (χ0) is 11.3. The van der Waals surface area contributed by atoms with Gasteiger partial charge in [0.25, 0.3) is 0 Å². The lowest BCUT2D eigenvalue weighted by molar-refractivity contribution is 0.553. The van der Waals surface area contributed by atoms with Crippen molar-refractivity contribution < 1.29 is 8.42 Å². The van der Waals surface area contributed by atoms with Crippen LogP contribution in [0.4, 0.5) is 0 Å². The Morgan fingerprint density at radius 1 is 1.53 bits per heavy atom. The molecule has 0 bridgehead atoms. The van der Waals surface area contributed by atoms with Crippen LogP contribution in [0.1, 0.15) is 19.8 Å². The predicted octanol–water partition coefficient (Wildman–Crippen LogP) is 3.33. The summed E-state index contributed by atoms with van der Waals surface area (Å²) in [5, 5.41) is 2.56. The van der Waals surface area contributed by atoms with E-state index in [1.807, 2.05) is 0 Å². The lowest BCUT2D eigenvalue weighted by Crippen LogP contribution is -2.16. The number of rotatable bonds is 6. The molecule has 0 spiro atoms. The summed E-state index contributed by atoms with van der Waals surface area (Å²) in [4.78, 5) is 0. The van der Waals surface area contributed by atoms with E-state index in [0.717, 1.165) is 18.2 Å². The number of halogens is 1. The highest BCUT2D eigenvalue weighted by Crippen LogP contribution is 2.22. The Hall–Kier alpha value is 0.130. The van der Waals surface area contributed by atoms with E-state index in [2.05, 4.69) is 22.9 Å². The third kappa shape index (κ3) is 3.89. The maximum absolute atomic E-state index is 11.9. The zero-order valence-electron chi connectivity index (χ0n) is 8.65. The Balaban J connectivity index is 2.72. The Morgan fingerprint density at radius 2 is 2.27 bits per heavy atom. The molecule has 0 saturated carbocycles. The number of hydrogen-bond donors (Lipinski definition) is 0. The molecule has 2 nitrogen and oxygen atoms in total. The van der Waals surface area contributed by atoms with E-state index in [0.29, 0.717) is 4.21 Å². The van der Waals surface area contributed by atoms with Gasteiger partial charge in [0, 0.05) is 5.33 Å². The first-order valence-corrected chi connectivity index (χ1v) is 8.57. The topological polar surface area (TPSA) is 34.1 Å². The van der Waals surface area contributed by atoms with Crippen LogP contribution in [-0.4, -0.2) is 19.5 Å². The van der Waals surface area contributed by atoms with E-state index in [9.17, 15) is 8.42 Å². The summed E-state index contributed by atoms with van der Waals surface area (Å²) in [6.07, 6.45) is 1.98. The standard InChI is InChI=1S/C10H15BrO2S2/c1-2-4-9(7-11)8-15(12,13)10-5-3-6-14-10/h3,5-6,9H,2,4,7-8H2,1H3. The van der Waals surface area contributed by atoms with Gasteiger partial charge in [-0.25, -0.2) is 8.42 Å². The van der Waals surface area contributed by atoms with Gasteiger partial charge in [0.2, 0.25) is 0 Å². The number of thiophene rings is 1. The van der Waals surface area contributed by atoms with E-state index in [1.165, 1.54) is 11.3 Å². The highest BCUT2D eigenvalue weighted by atomic mass is 79.9. The molecular weight excluding hydrogens is 296 g/mol. The first-order valence-electron chi connectivity index (χ1n) is 4.92. The molecule has 0 N–H and O–H groups in total. The quantitative estimate of drug-likeness (QED) is 0.755. The molecule has 15 heavy (non-hydrogen) atoms. The maximum atomic E-state index is 11.9. The lowest BCUT2D eigenvalue weighted by atomic mass is 10.1. The normalized spacial score (nSPS) is 14.0. The Bertz CT molecular complexity index is 370. The molecule has 0 aromatic carbocycles. The van der Waals surface area contributed by atoms with Crippen LogP contribution in [0, 0.1) is 5.92 Å². The van der Waals surface area contributed by atoms with Crippen molar-refractivity contribution in [3.8, 4) is 0 Å². The van der Waals surface area contributed by atoms with Gasteiger partial charge in [-0.15, -0.1) is 11.3 Å². The highest BCUT2D eigenvalue weighted by molar-refractivity contribution is 9.09. The minimum atomic E-state index is -3.06. The van der Waals surface area contributed by atoms with Gasteiger partial charge >= 0.3 is 0 Å². The second-order valence-corrected chi connectivity index (χ2v) is 7.38. The van der Waals surface area contributed by atoms with Crippen molar-refractivity contribution >= 4 is 37.1 Å². The van der Waals surface area contributed by atoms with Crippen LogP contribution < -0.4 is 0 Å². The molecule has 1 rings (SSSR count). The molecule has 1 unspecified atom stereocenters. The van der Waals surface area contributed by atoms with Crippen molar-refractivity contribution in [1.82, 2.24) is 0 Å². The maximum Gasteiger partial charge on any atom is 0.188 e. The van der Waals surface area contributed by atoms with Crippen LogP contribution >= 0.6 is 27.3 Å². The van der Waals surface area contributed by atoms with Gasteiger partial charge in [-0.3, -0.25) is 0 Å². The van der Waals surface area contributed by atoms with E-state index >= 15 is 0 Å². The van der Waals surface area contributed by atoms with E-state index < -0.39 is 9.84 Å². The summed E-state index contributed by atoms with van der Waals surface area (Å²) < 4.78 is 24.3. The summed E-state index contributed by atoms with van der Waals surface area (Å²) in [5.74, 6) is 0.481. The van der Waals surface area contributed by atoms with Crippen molar-refractivity contribution in [2.45, 2.75) is 24.0 Å². The SMILES string of the molecule is CCCC(CBr)CS(=O)(=O)c1cccs1. The van der Waals surface area contributed by atoms with Crippen LogP contribution in [0.3, 0.4) is 0 Å². The molecule has 0 aliphatic carbocycles. The van der Waals surface area contributed by atoms with Crippen molar-refractivity contribution in [2.24, 2.45) is 5.92 Å². The average Bonchev–Trinajstić information content (AvgIpc) is 2.70. The van der Waals surface area contributed by atoms with E-state index in [-0.39, 0.29) is 11.7 Å². The highest BCUT2D eigenvalue weighted by Gasteiger charge is 2.20. The molecular formula is C10H15BrO2S2. The molecule has 1 aromatic heterocycles. The first-order chi connectivity index (χ1) is 7.10. The monoisotopic (exact) mass is 310 g/mol. The third-order valence-corrected chi connectivity index (χ3v) is 6.46. The molecule has 1 atom stereocenters. The average molecular weight is 311 g/mol. The van der Waals surface area contributed by atoms with Gasteiger partial charge in [0.05, 0.1) is 5.75 Å². The molecule has 0 aliphatic heterocycles. The molecule has 5 heteroatoms. The van der Waals surface area contributed by atoms with Crippen LogP contribution in [0.25, 0.3) is 0 Å². The molecule has 1 aromatic rings. The first kappa shape index (κ1) is 13.2. The van der Waals surface area contributed by atoms with Gasteiger partial charge in [0.1, 0.15) is 4.21 Å². The van der Waals surface area contributed by atoms with E-state index in [4.69, 9.17) is 0 Å². The van der Waals surface area contributed by atoms with Gasteiger partial charge in [-0.1, -0.05) is 35.3 Å². The van der Waals surface area contributed by atoms with Gasteiger partial charge in [-0.05, 0) is 23.8 Å². The van der Waals surface area contributed by atoms with E-state index in [1.54, 1.807) is 17.5 Å². The van der Waals surface area contributed by atoms with Crippen LogP contribution in [0.5, 0.6) is 0 Å². The van der Waals surface area contributed by atoms with Gasteiger partial charge in [0.15, 0.2) is 9.84 Å². The fraction of sp³-hybridized carbons (Fsp3) is 0.600. The smallest absolute Gasteiger partial charge is 0.188 e. The fourth-order valence-corrected chi connectivity index (χ4v) is 5.06. The second-order valence-electron chi connectivity index (χ2n) is 3.52. The molecule has 0 aliphatic rings. The molecule has 86 valence electrons. The number of alkyl halides is 1. The Morgan fingerprint density at radius 3 is 2.73 bits per heavy atom. The predicted molar refractivity (Wildman–Crippen MR) is 68.6 cm³/mol. The summed E-state index contributed by atoms with van der Waals surface area (Å²) in [6, 6.07) is 3.46. The molecule has 0 radical (unpaired) electrons. The summed E-state index contributed by atoms with van der Waals surface area (Å²) in [7, 11) is -3.06. The largest absolute Gasteiger partial charge is 0.223 e. The number of sulfone groups is 1. The molecule has 0 saturated heterocycles. The van der Waals surface area contributed by atoms with Gasteiger partial charge in [-0.2, -0.15) is 0 Å². The zero-order valence-corrected chi connectivity index (χ0v) is 11.9. The fourth-order valence-electron chi connectivity index (χ4n) is 1.45. The molecule has 0 amide bonds. The van der Waals surface area contributed by atoms with Crippen LogP contribution in [0.15, 0.2) is 21.7 Å². The summed E-state index contributed by atoms with van der Waals surface area (Å²) in [6.45, 7) is 2.08. The Kier molecular flexibility index (Phi) is 5.29. The summed E-state index contributed by atoms with van der Waals surface area (Å²) in [5.41, 5.74) is 0. The van der Waals surface area contributed by atoms with Crippen LogP contribution in [0.2, 0.25) is 0 Å². The van der Waals surface area contributed by atoms with Crippen molar-refractivity contribution in [3.63, 3.8) is 0 Å². The van der Waals surface area contributed by atoms with Crippen molar-refractivity contribution in [3.05, 3.63) is 17.5 Å². The van der Waals surface area contributed by atoms with Crippen molar-refractivity contribution in [1.29, 1.82) is 0 Å². The number of hydrogen-bond acceptors (Lipinski definition) is 3. The Labute approximate surface area is 104 Å². The van der Waals surface area contributed by atoms with Crippen LogP contribution in [-0.2, 0) is 9.84 Å². The summed E-state index contributed by atoms with van der Waals surface area (Å²) >= 11 is 4.67. The lowest BCUT2D eigenvalue weighted by Gasteiger charge is -2.11. The second kappa shape index (κ2) is 6.01.